The second-order valence-electron chi connectivity index (χ2n) is 4.05. The van der Waals surface area contributed by atoms with Crippen molar-refractivity contribution in [2.75, 3.05) is 11.9 Å². The monoisotopic (exact) mass is 323 g/mol. The lowest BCUT2D eigenvalue weighted by molar-refractivity contribution is 0.340. The number of rotatable bonds is 5. The molecule has 0 aromatic heterocycles. The number of hydrogen-bond acceptors (Lipinski definition) is 2. The van der Waals surface area contributed by atoms with E-state index in [-0.39, 0.29) is 5.82 Å². The molecule has 2 aromatic rings. The van der Waals surface area contributed by atoms with E-state index in [1.807, 2.05) is 31.2 Å². The highest BCUT2D eigenvalue weighted by molar-refractivity contribution is 9.10. The van der Waals surface area contributed by atoms with Gasteiger partial charge in [0.1, 0.15) is 11.6 Å². The van der Waals surface area contributed by atoms with Crippen LogP contribution in [0.3, 0.4) is 0 Å². The quantitative estimate of drug-likeness (QED) is 0.868. The molecule has 0 bridgehead atoms. The second kappa shape index (κ2) is 6.57. The molecule has 0 aliphatic carbocycles. The average molecular weight is 324 g/mol. The van der Waals surface area contributed by atoms with Gasteiger partial charge < -0.3 is 10.1 Å². The van der Waals surface area contributed by atoms with Gasteiger partial charge in [0.25, 0.3) is 0 Å². The Morgan fingerprint density at radius 2 is 1.89 bits per heavy atom. The standard InChI is InChI=1S/C15H15BrFNO/c1-2-19-13-6-3-11(4-7-13)10-18-15-9-12(16)5-8-14(15)17/h3-9,18H,2,10H2,1H3. The first-order valence-electron chi connectivity index (χ1n) is 6.09. The maximum absolute atomic E-state index is 13.5. The molecule has 0 unspecified atom stereocenters. The van der Waals surface area contributed by atoms with Crippen LogP contribution < -0.4 is 10.1 Å². The minimum absolute atomic E-state index is 0.255. The van der Waals surface area contributed by atoms with Gasteiger partial charge in [0.15, 0.2) is 0 Å². The van der Waals surface area contributed by atoms with Crippen LogP contribution in [0.15, 0.2) is 46.9 Å². The lowest BCUT2D eigenvalue weighted by atomic mass is 10.2. The van der Waals surface area contributed by atoms with E-state index in [2.05, 4.69) is 21.2 Å². The molecular formula is C15H15BrFNO. The molecule has 0 aliphatic heterocycles. The molecule has 0 spiro atoms. The van der Waals surface area contributed by atoms with Crippen molar-refractivity contribution in [3.05, 3.63) is 58.3 Å². The summed E-state index contributed by atoms with van der Waals surface area (Å²) >= 11 is 3.33. The van der Waals surface area contributed by atoms with E-state index in [4.69, 9.17) is 4.74 Å². The Labute approximate surface area is 120 Å². The van der Waals surface area contributed by atoms with E-state index >= 15 is 0 Å². The summed E-state index contributed by atoms with van der Waals surface area (Å²) in [4.78, 5) is 0. The zero-order chi connectivity index (χ0) is 13.7. The van der Waals surface area contributed by atoms with Crippen molar-refractivity contribution in [3.63, 3.8) is 0 Å². The van der Waals surface area contributed by atoms with Crippen molar-refractivity contribution in [2.24, 2.45) is 0 Å². The van der Waals surface area contributed by atoms with Gasteiger partial charge in [-0.2, -0.15) is 0 Å². The molecule has 2 aromatic carbocycles. The number of nitrogens with one attached hydrogen (secondary N) is 1. The van der Waals surface area contributed by atoms with Crippen molar-refractivity contribution >= 4 is 21.6 Å². The van der Waals surface area contributed by atoms with Crippen molar-refractivity contribution in [1.29, 1.82) is 0 Å². The van der Waals surface area contributed by atoms with Crippen molar-refractivity contribution in [1.82, 2.24) is 0 Å². The molecule has 0 saturated heterocycles. The molecule has 19 heavy (non-hydrogen) atoms. The smallest absolute Gasteiger partial charge is 0.146 e. The Morgan fingerprint density at radius 1 is 1.16 bits per heavy atom. The molecule has 1 N–H and O–H groups in total. The molecule has 0 radical (unpaired) electrons. The van der Waals surface area contributed by atoms with Gasteiger partial charge in [-0.3, -0.25) is 0 Å². The Balaban J connectivity index is 2.00. The molecule has 0 fully saturated rings. The fourth-order valence-corrected chi connectivity index (χ4v) is 2.06. The molecule has 0 atom stereocenters. The van der Waals surface area contributed by atoms with E-state index in [1.165, 1.54) is 6.07 Å². The van der Waals surface area contributed by atoms with Gasteiger partial charge >= 0.3 is 0 Å². The first-order chi connectivity index (χ1) is 9.19. The summed E-state index contributed by atoms with van der Waals surface area (Å²) in [6.07, 6.45) is 0. The topological polar surface area (TPSA) is 21.3 Å². The molecule has 0 heterocycles. The van der Waals surface area contributed by atoms with Crippen LogP contribution in [0.2, 0.25) is 0 Å². The molecule has 2 nitrogen and oxygen atoms in total. The molecular weight excluding hydrogens is 309 g/mol. The van der Waals surface area contributed by atoms with Crippen molar-refractivity contribution in [2.45, 2.75) is 13.5 Å². The second-order valence-corrected chi connectivity index (χ2v) is 4.97. The summed E-state index contributed by atoms with van der Waals surface area (Å²) in [5, 5.41) is 3.08. The van der Waals surface area contributed by atoms with Crippen LogP contribution in [0, 0.1) is 5.82 Å². The summed E-state index contributed by atoms with van der Waals surface area (Å²) in [5.74, 6) is 0.592. The minimum atomic E-state index is -0.255. The van der Waals surface area contributed by atoms with E-state index in [1.54, 1.807) is 12.1 Å². The molecule has 0 aliphatic rings. The first-order valence-corrected chi connectivity index (χ1v) is 6.89. The van der Waals surface area contributed by atoms with E-state index in [0.717, 1.165) is 15.8 Å². The maximum atomic E-state index is 13.5. The van der Waals surface area contributed by atoms with Gasteiger partial charge in [-0.25, -0.2) is 4.39 Å². The molecule has 0 amide bonds. The Kier molecular flexibility index (Phi) is 4.80. The SMILES string of the molecule is CCOc1ccc(CNc2cc(Br)ccc2F)cc1. The van der Waals surface area contributed by atoms with Crippen LogP contribution >= 0.6 is 15.9 Å². The van der Waals surface area contributed by atoms with Crippen molar-refractivity contribution < 1.29 is 9.13 Å². The zero-order valence-electron chi connectivity index (χ0n) is 10.6. The van der Waals surface area contributed by atoms with Crippen LogP contribution in [0.1, 0.15) is 12.5 Å². The third-order valence-corrected chi connectivity index (χ3v) is 3.14. The third-order valence-electron chi connectivity index (χ3n) is 2.65. The maximum Gasteiger partial charge on any atom is 0.146 e. The van der Waals surface area contributed by atoms with Gasteiger partial charge in [0, 0.05) is 11.0 Å². The van der Waals surface area contributed by atoms with E-state index in [9.17, 15) is 4.39 Å². The normalized spacial score (nSPS) is 10.3. The number of hydrogen-bond donors (Lipinski definition) is 1. The number of ether oxygens (including phenoxy) is 1. The van der Waals surface area contributed by atoms with Crippen LogP contribution in [0.4, 0.5) is 10.1 Å². The van der Waals surface area contributed by atoms with Crippen LogP contribution in [-0.2, 0) is 6.54 Å². The number of halogens is 2. The summed E-state index contributed by atoms with van der Waals surface area (Å²) in [7, 11) is 0. The van der Waals surface area contributed by atoms with Gasteiger partial charge in [-0.1, -0.05) is 28.1 Å². The van der Waals surface area contributed by atoms with Gasteiger partial charge in [-0.15, -0.1) is 0 Å². The minimum Gasteiger partial charge on any atom is -0.494 e. The zero-order valence-corrected chi connectivity index (χ0v) is 12.2. The summed E-state index contributed by atoms with van der Waals surface area (Å²) in [5.41, 5.74) is 1.56. The van der Waals surface area contributed by atoms with Crippen LogP contribution in [0.5, 0.6) is 5.75 Å². The predicted octanol–water partition coefficient (Wildman–Crippen LogP) is 4.60. The number of anilines is 1. The molecule has 4 heteroatoms. The van der Waals surface area contributed by atoms with Crippen LogP contribution in [-0.4, -0.2) is 6.61 Å². The summed E-state index contributed by atoms with van der Waals surface area (Å²) in [6, 6.07) is 12.6. The van der Waals surface area contributed by atoms with Gasteiger partial charge in [-0.05, 0) is 42.8 Å². The van der Waals surface area contributed by atoms with Crippen LogP contribution in [0.25, 0.3) is 0 Å². The number of benzene rings is 2. The fraction of sp³-hybridized carbons (Fsp3) is 0.200. The predicted molar refractivity (Wildman–Crippen MR) is 79.0 cm³/mol. The van der Waals surface area contributed by atoms with E-state index < -0.39 is 0 Å². The summed E-state index contributed by atoms with van der Waals surface area (Å²) in [6.45, 7) is 3.17. The highest BCUT2D eigenvalue weighted by Gasteiger charge is 2.02. The van der Waals surface area contributed by atoms with Gasteiger partial charge in [0.2, 0.25) is 0 Å². The van der Waals surface area contributed by atoms with Crippen molar-refractivity contribution in [3.8, 4) is 5.75 Å². The average Bonchev–Trinajstić information content (AvgIpc) is 2.42. The Morgan fingerprint density at radius 3 is 2.58 bits per heavy atom. The molecule has 100 valence electrons. The highest BCUT2D eigenvalue weighted by atomic mass is 79.9. The highest BCUT2D eigenvalue weighted by Crippen LogP contribution is 2.21. The molecule has 2 rings (SSSR count). The Bertz CT molecular complexity index is 542. The third kappa shape index (κ3) is 3.96. The molecule has 0 saturated carbocycles. The largest absolute Gasteiger partial charge is 0.494 e. The fourth-order valence-electron chi connectivity index (χ4n) is 1.70. The summed E-state index contributed by atoms with van der Waals surface area (Å²) < 4.78 is 19.8. The Hall–Kier alpha value is -1.55. The van der Waals surface area contributed by atoms with Gasteiger partial charge in [0.05, 0.1) is 12.3 Å². The van der Waals surface area contributed by atoms with E-state index in [0.29, 0.717) is 18.8 Å². The lowest BCUT2D eigenvalue weighted by Crippen LogP contribution is -2.01. The first kappa shape index (κ1) is 13.9. The lowest BCUT2D eigenvalue weighted by Gasteiger charge is -2.09.